The van der Waals surface area contributed by atoms with Gasteiger partial charge in [0.15, 0.2) is 13.6 Å². The third kappa shape index (κ3) is 5.15. The lowest BCUT2D eigenvalue weighted by Gasteiger charge is -2.21. The van der Waals surface area contributed by atoms with Crippen molar-refractivity contribution in [3.63, 3.8) is 0 Å². The van der Waals surface area contributed by atoms with Gasteiger partial charge in [-0.2, -0.15) is 0 Å². The summed E-state index contributed by atoms with van der Waals surface area (Å²) in [5.41, 5.74) is 2.89. The number of hydrogen-bond acceptors (Lipinski definition) is 6. The molecule has 2 rings (SSSR count). The molecule has 0 aliphatic rings. The molecule has 0 saturated carbocycles. The summed E-state index contributed by atoms with van der Waals surface area (Å²) in [6.45, 7) is 2.01. The predicted octanol–water partition coefficient (Wildman–Crippen LogP) is 3.52. The third-order valence-electron chi connectivity index (χ3n) is 4.18. The molecule has 0 atom stereocenters. The van der Waals surface area contributed by atoms with E-state index in [4.69, 9.17) is 23.7 Å². The van der Waals surface area contributed by atoms with Crippen LogP contribution < -0.4 is 14.2 Å². The van der Waals surface area contributed by atoms with Crippen LogP contribution in [0, 0.1) is 0 Å². The number of benzene rings is 2. The van der Waals surface area contributed by atoms with Crippen molar-refractivity contribution < 1.29 is 33.6 Å². The largest absolute Gasteiger partial charge is 0.497 e. The molecule has 0 fully saturated rings. The van der Waals surface area contributed by atoms with E-state index in [2.05, 4.69) is 0 Å². The van der Waals surface area contributed by atoms with Gasteiger partial charge in [0.25, 0.3) is 0 Å². The number of rotatable bonds is 11. The summed E-state index contributed by atoms with van der Waals surface area (Å²) in [6, 6.07) is 9.15. The third-order valence-corrected chi connectivity index (χ3v) is 4.18. The number of aliphatic carboxylic acids is 1. The smallest absolute Gasteiger partial charge is 0.307 e. The van der Waals surface area contributed by atoms with Crippen LogP contribution >= 0.6 is 0 Å². The summed E-state index contributed by atoms with van der Waals surface area (Å²) >= 11 is 0. The Kier molecular flexibility index (Phi) is 8.10. The number of carboxylic acids is 1. The fraction of sp³-hybridized carbons (Fsp3) is 0.381. The Labute approximate surface area is 164 Å². The van der Waals surface area contributed by atoms with Gasteiger partial charge in [-0.15, -0.1) is 0 Å². The molecule has 0 bridgehead atoms. The fourth-order valence-corrected chi connectivity index (χ4v) is 3.04. The summed E-state index contributed by atoms with van der Waals surface area (Å²) in [5.74, 6) is 0.711. The first kappa shape index (κ1) is 21.5. The second-order valence-electron chi connectivity index (χ2n) is 5.96. The first-order valence-corrected chi connectivity index (χ1v) is 8.84. The molecule has 2 aromatic carbocycles. The van der Waals surface area contributed by atoms with Crippen molar-refractivity contribution in [1.29, 1.82) is 0 Å². The van der Waals surface area contributed by atoms with Crippen LogP contribution in [0.3, 0.4) is 0 Å². The minimum absolute atomic E-state index is 0.0126. The van der Waals surface area contributed by atoms with Crippen LogP contribution in [-0.4, -0.2) is 46.0 Å². The number of methoxy groups -OCH3 is 3. The normalized spacial score (nSPS) is 10.6. The van der Waals surface area contributed by atoms with Crippen LogP contribution in [0.25, 0.3) is 11.1 Å². The van der Waals surface area contributed by atoms with E-state index in [-0.39, 0.29) is 20.0 Å². The summed E-state index contributed by atoms with van der Waals surface area (Å²) in [5, 5.41) is 9.54. The van der Waals surface area contributed by atoms with Gasteiger partial charge in [-0.25, -0.2) is 0 Å². The quantitative estimate of drug-likeness (QED) is 0.588. The van der Waals surface area contributed by atoms with E-state index in [1.165, 1.54) is 14.2 Å². The van der Waals surface area contributed by atoms with Crippen LogP contribution in [0.2, 0.25) is 0 Å². The monoisotopic (exact) mass is 390 g/mol. The van der Waals surface area contributed by atoms with Gasteiger partial charge in [-0.05, 0) is 35.2 Å². The van der Waals surface area contributed by atoms with Gasteiger partial charge in [0.05, 0.1) is 13.5 Å². The average molecular weight is 390 g/mol. The lowest BCUT2D eigenvalue weighted by Crippen LogP contribution is -2.11. The molecule has 0 aliphatic carbocycles. The zero-order chi connectivity index (χ0) is 20.5. The van der Waals surface area contributed by atoms with Crippen molar-refractivity contribution >= 4 is 5.97 Å². The van der Waals surface area contributed by atoms with Gasteiger partial charge in [0.1, 0.15) is 17.2 Å². The van der Waals surface area contributed by atoms with Crippen molar-refractivity contribution in [1.82, 2.24) is 0 Å². The Morgan fingerprint density at radius 1 is 0.964 bits per heavy atom. The number of carbonyl (C=O) groups is 1. The zero-order valence-electron chi connectivity index (χ0n) is 16.6. The number of ether oxygens (including phenoxy) is 5. The summed E-state index contributed by atoms with van der Waals surface area (Å²) in [4.78, 5) is 11.6. The molecule has 0 radical (unpaired) electrons. The van der Waals surface area contributed by atoms with Crippen molar-refractivity contribution in [2.75, 3.05) is 34.9 Å². The highest BCUT2D eigenvalue weighted by Crippen LogP contribution is 2.42. The van der Waals surface area contributed by atoms with E-state index in [1.54, 1.807) is 13.2 Å². The van der Waals surface area contributed by atoms with Crippen molar-refractivity contribution in [3.05, 3.63) is 41.5 Å². The number of carboxylic acid groups (broad SMARTS) is 1. The second-order valence-corrected chi connectivity index (χ2v) is 5.96. The molecule has 0 saturated heterocycles. The van der Waals surface area contributed by atoms with Crippen LogP contribution in [-0.2, 0) is 27.1 Å². The molecule has 2 aromatic rings. The Morgan fingerprint density at radius 2 is 1.64 bits per heavy atom. The average Bonchev–Trinajstić information content (AvgIpc) is 2.70. The maximum Gasteiger partial charge on any atom is 0.307 e. The highest BCUT2D eigenvalue weighted by atomic mass is 16.7. The lowest BCUT2D eigenvalue weighted by atomic mass is 9.90. The minimum atomic E-state index is -0.944. The fourth-order valence-electron chi connectivity index (χ4n) is 3.04. The molecule has 152 valence electrons. The van der Waals surface area contributed by atoms with Crippen molar-refractivity contribution in [3.8, 4) is 28.4 Å². The van der Waals surface area contributed by atoms with E-state index in [0.29, 0.717) is 34.8 Å². The van der Waals surface area contributed by atoms with Gasteiger partial charge in [0, 0.05) is 25.8 Å². The molecular weight excluding hydrogens is 364 g/mol. The van der Waals surface area contributed by atoms with E-state index in [9.17, 15) is 9.90 Å². The molecule has 0 aromatic heterocycles. The van der Waals surface area contributed by atoms with Crippen LogP contribution in [0.1, 0.15) is 18.1 Å². The highest BCUT2D eigenvalue weighted by molar-refractivity contribution is 5.83. The first-order chi connectivity index (χ1) is 13.5. The Bertz CT molecular complexity index is 802. The highest BCUT2D eigenvalue weighted by Gasteiger charge is 2.22. The molecule has 7 heteroatoms. The Morgan fingerprint density at radius 3 is 2.21 bits per heavy atom. The maximum absolute atomic E-state index is 11.6. The van der Waals surface area contributed by atoms with Gasteiger partial charge >= 0.3 is 5.97 Å². The van der Waals surface area contributed by atoms with Gasteiger partial charge in [-0.1, -0.05) is 19.1 Å². The van der Waals surface area contributed by atoms with E-state index >= 15 is 0 Å². The predicted molar refractivity (Wildman–Crippen MR) is 104 cm³/mol. The molecule has 28 heavy (non-hydrogen) atoms. The standard InChI is InChI=1S/C21H26O7/c1-5-16-17(10-20(22)23)21(14-7-6-8-15(9-14)26-4)19(28-13-25-3)11-18(16)27-12-24-2/h6-9,11H,5,10,12-13H2,1-4H3,(H,22,23). The molecule has 1 N–H and O–H groups in total. The van der Waals surface area contributed by atoms with Crippen molar-refractivity contribution in [2.24, 2.45) is 0 Å². The minimum Gasteiger partial charge on any atom is -0.497 e. The van der Waals surface area contributed by atoms with Crippen molar-refractivity contribution in [2.45, 2.75) is 19.8 Å². The summed E-state index contributed by atoms with van der Waals surface area (Å²) < 4.78 is 26.9. The molecule has 0 heterocycles. The topological polar surface area (TPSA) is 83.5 Å². The summed E-state index contributed by atoms with van der Waals surface area (Å²) in [7, 11) is 4.63. The first-order valence-electron chi connectivity index (χ1n) is 8.84. The molecule has 0 amide bonds. The second kappa shape index (κ2) is 10.5. The molecule has 7 nitrogen and oxygen atoms in total. The SMILES string of the molecule is CCc1c(OCOC)cc(OCOC)c(-c2cccc(OC)c2)c1CC(=O)O. The van der Waals surface area contributed by atoms with Crippen LogP contribution in [0.5, 0.6) is 17.2 Å². The van der Waals surface area contributed by atoms with Crippen LogP contribution in [0.4, 0.5) is 0 Å². The maximum atomic E-state index is 11.6. The Hall–Kier alpha value is -2.77. The van der Waals surface area contributed by atoms with Gasteiger partial charge < -0.3 is 28.8 Å². The zero-order valence-corrected chi connectivity index (χ0v) is 16.6. The summed E-state index contributed by atoms with van der Waals surface area (Å²) in [6.07, 6.45) is 0.409. The van der Waals surface area contributed by atoms with Crippen LogP contribution in [0.15, 0.2) is 30.3 Å². The molecule has 0 aliphatic heterocycles. The van der Waals surface area contributed by atoms with Gasteiger partial charge in [0.2, 0.25) is 0 Å². The van der Waals surface area contributed by atoms with E-state index in [0.717, 1.165) is 11.1 Å². The van der Waals surface area contributed by atoms with Gasteiger partial charge in [-0.3, -0.25) is 4.79 Å². The lowest BCUT2D eigenvalue weighted by molar-refractivity contribution is -0.136. The van der Waals surface area contributed by atoms with E-state index < -0.39 is 5.97 Å². The molecule has 0 spiro atoms. The molecular formula is C21H26O7. The van der Waals surface area contributed by atoms with E-state index in [1.807, 2.05) is 31.2 Å². The Balaban J connectivity index is 2.77. The molecule has 0 unspecified atom stereocenters. The number of hydrogen-bond donors (Lipinski definition) is 1.